The number of hydrogen-bond donors (Lipinski definition) is 0. The maximum absolute atomic E-state index is 13.3. The van der Waals surface area contributed by atoms with Crippen LogP contribution in [0.2, 0.25) is 0 Å². The van der Waals surface area contributed by atoms with Crippen LogP contribution in [0.3, 0.4) is 0 Å². The van der Waals surface area contributed by atoms with E-state index in [-0.39, 0.29) is 42.7 Å². The number of nitrogens with zero attached hydrogens (tertiary/aromatic N) is 3. The van der Waals surface area contributed by atoms with Crippen molar-refractivity contribution in [1.82, 2.24) is 9.21 Å². The molecule has 3 aromatic rings. The van der Waals surface area contributed by atoms with E-state index < -0.39 is 21.8 Å². The van der Waals surface area contributed by atoms with Gasteiger partial charge in [0.15, 0.2) is 0 Å². The maximum atomic E-state index is 13.3. The van der Waals surface area contributed by atoms with E-state index in [0.717, 1.165) is 4.90 Å². The van der Waals surface area contributed by atoms with Crippen molar-refractivity contribution < 1.29 is 22.8 Å². The number of anilines is 1. The lowest BCUT2D eigenvalue weighted by molar-refractivity contribution is 0.0697. The molecular weight excluding hydrogens is 454 g/mol. The predicted molar refractivity (Wildman–Crippen MR) is 125 cm³/mol. The minimum atomic E-state index is -3.88. The van der Waals surface area contributed by atoms with Gasteiger partial charge in [-0.25, -0.2) is 13.3 Å². The first-order valence-electron chi connectivity index (χ1n) is 10.8. The number of carbonyl (C=O) groups is 3. The highest BCUT2D eigenvalue weighted by Crippen LogP contribution is 2.30. The molecule has 0 unspecified atom stereocenters. The molecule has 0 aliphatic carbocycles. The molecule has 0 aromatic heterocycles. The van der Waals surface area contributed by atoms with Crippen LogP contribution in [0.15, 0.2) is 83.8 Å². The molecule has 172 valence electrons. The predicted octanol–water partition coefficient (Wildman–Crippen LogP) is 2.63. The van der Waals surface area contributed by atoms with Gasteiger partial charge in [0, 0.05) is 31.7 Å². The van der Waals surface area contributed by atoms with Crippen LogP contribution in [0.4, 0.5) is 5.69 Å². The van der Waals surface area contributed by atoms with E-state index in [1.165, 1.54) is 28.6 Å². The third-order valence-corrected chi connectivity index (χ3v) is 7.95. The van der Waals surface area contributed by atoms with Crippen LogP contribution in [0.25, 0.3) is 0 Å². The van der Waals surface area contributed by atoms with Crippen LogP contribution in [0.5, 0.6) is 0 Å². The van der Waals surface area contributed by atoms with Crippen molar-refractivity contribution in [1.29, 1.82) is 0 Å². The van der Waals surface area contributed by atoms with E-state index in [2.05, 4.69) is 0 Å². The van der Waals surface area contributed by atoms with E-state index in [1.807, 2.05) is 6.07 Å². The minimum absolute atomic E-state index is 0.00982. The van der Waals surface area contributed by atoms with E-state index >= 15 is 0 Å². The average Bonchev–Trinajstić information content (AvgIpc) is 3.14. The van der Waals surface area contributed by atoms with Crippen LogP contribution in [0, 0.1) is 0 Å². The Labute approximate surface area is 197 Å². The Bertz CT molecular complexity index is 1360. The quantitative estimate of drug-likeness (QED) is 0.541. The number of piperazine rings is 1. The van der Waals surface area contributed by atoms with Gasteiger partial charge >= 0.3 is 0 Å². The van der Waals surface area contributed by atoms with Gasteiger partial charge in [0.25, 0.3) is 17.7 Å². The zero-order valence-corrected chi connectivity index (χ0v) is 18.9. The summed E-state index contributed by atoms with van der Waals surface area (Å²) in [7, 11) is -3.88. The molecule has 2 aliphatic heterocycles. The molecule has 0 spiro atoms. The third kappa shape index (κ3) is 3.68. The van der Waals surface area contributed by atoms with Gasteiger partial charge < -0.3 is 4.90 Å². The summed E-state index contributed by atoms with van der Waals surface area (Å²) in [5.41, 5.74) is 1.34. The van der Waals surface area contributed by atoms with E-state index in [4.69, 9.17) is 0 Å². The van der Waals surface area contributed by atoms with Gasteiger partial charge in [-0.15, -0.1) is 0 Å². The summed E-state index contributed by atoms with van der Waals surface area (Å²) >= 11 is 0. The van der Waals surface area contributed by atoms with Crippen molar-refractivity contribution in [2.75, 3.05) is 31.1 Å². The lowest BCUT2D eigenvalue weighted by Crippen LogP contribution is -2.50. The fourth-order valence-electron chi connectivity index (χ4n) is 4.25. The summed E-state index contributed by atoms with van der Waals surface area (Å²) < 4.78 is 28.0. The molecule has 34 heavy (non-hydrogen) atoms. The lowest BCUT2D eigenvalue weighted by atomic mass is 10.1. The topological polar surface area (TPSA) is 95.1 Å². The lowest BCUT2D eigenvalue weighted by Gasteiger charge is -2.34. The Kier molecular flexibility index (Phi) is 5.51. The number of imide groups is 1. The number of fused-ring (bicyclic) bond motifs is 1. The number of rotatable bonds is 4. The number of benzene rings is 3. The van der Waals surface area contributed by atoms with Gasteiger partial charge in [0.05, 0.1) is 21.7 Å². The first kappa shape index (κ1) is 22.0. The zero-order valence-electron chi connectivity index (χ0n) is 18.1. The van der Waals surface area contributed by atoms with Gasteiger partial charge in [0.1, 0.15) is 0 Å². The van der Waals surface area contributed by atoms with Crippen molar-refractivity contribution in [3.05, 3.63) is 95.6 Å². The minimum Gasteiger partial charge on any atom is -0.336 e. The van der Waals surface area contributed by atoms with E-state index in [9.17, 15) is 22.8 Å². The summed E-state index contributed by atoms with van der Waals surface area (Å²) in [4.78, 5) is 40.9. The van der Waals surface area contributed by atoms with Gasteiger partial charge in [-0.05, 0) is 42.5 Å². The van der Waals surface area contributed by atoms with Crippen molar-refractivity contribution in [2.24, 2.45) is 0 Å². The Morgan fingerprint density at radius 3 is 1.91 bits per heavy atom. The Morgan fingerprint density at radius 1 is 0.706 bits per heavy atom. The number of sulfonamides is 1. The first-order valence-corrected chi connectivity index (χ1v) is 12.2. The fraction of sp³-hybridized carbons (Fsp3) is 0.160. The van der Waals surface area contributed by atoms with E-state index in [1.54, 1.807) is 53.4 Å². The summed E-state index contributed by atoms with van der Waals surface area (Å²) in [6.07, 6.45) is 0. The average molecular weight is 476 g/mol. The van der Waals surface area contributed by atoms with Crippen LogP contribution < -0.4 is 4.90 Å². The largest absolute Gasteiger partial charge is 0.336 e. The summed E-state index contributed by atoms with van der Waals surface area (Å²) in [6, 6.07) is 21.2. The highest BCUT2D eigenvalue weighted by molar-refractivity contribution is 7.89. The van der Waals surface area contributed by atoms with Crippen molar-refractivity contribution >= 4 is 33.4 Å². The van der Waals surface area contributed by atoms with Gasteiger partial charge in [-0.3, -0.25) is 14.4 Å². The summed E-state index contributed by atoms with van der Waals surface area (Å²) in [5, 5.41) is 0. The Hall–Kier alpha value is -3.82. The molecule has 3 amide bonds. The van der Waals surface area contributed by atoms with Crippen LogP contribution in [-0.2, 0) is 10.0 Å². The molecule has 0 radical (unpaired) electrons. The molecule has 8 nitrogen and oxygen atoms in total. The second kappa shape index (κ2) is 8.51. The molecular formula is C25H21N3O5S. The third-order valence-electron chi connectivity index (χ3n) is 6.05. The molecule has 0 N–H and O–H groups in total. The van der Waals surface area contributed by atoms with Crippen molar-refractivity contribution in [3.63, 3.8) is 0 Å². The summed E-state index contributed by atoms with van der Waals surface area (Å²) in [6.45, 7) is 0.840. The maximum Gasteiger partial charge on any atom is 0.266 e. The first-order chi connectivity index (χ1) is 16.4. The zero-order chi connectivity index (χ0) is 23.9. The van der Waals surface area contributed by atoms with Crippen LogP contribution >= 0.6 is 0 Å². The molecule has 0 saturated carbocycles. The summed E-state index contributed by atoms with van der Waals surface area (Å²) in [5.74, 6) is -1.10. The second-order valence-corrected chi connectivity index (χ2v) is 9.99. The van der Waals surface area contributed by atoms with Gasteiger partial charge in [-0.2, -0.15) is 4.31 Å². The van der Waals surface area contributed by atoms with E-state index in [0.29, 0.717) is 16.7 Å². The highest BCUT2D eigenvalue weighted by atomic mass is 32.2. The molecule has 2 aliphatic rings. The van der Waals surface area contributed by atoms with Crippen molar-refractivity contribution in [3.8, 4) is 0 Å². The molecule has 9 heteroatoms. The molecule has 5 rings (SSSR count). The number of hydrogen-bond acceptors (Lipinski definition) is 5. The highest BCUT2D eigenvalue weighted by Gasteiger charge is 2.37. The van der Waals surface area contributed by atoms with Crippen LogP contribution in [0.1, 0.15) is 31.1 Å². The van der Waals surface area contributed by atoms with Crippen molar-refractivity contribution in [2.45, 2.75) is 4.90 Å². The second-order valence-electron chi connectivity index (χ2n) is 8.05. The molecule has 3 aromatic carbocycles. The standard InChI is InChI=1S/C25H21N3O5S/c29-23(18-7-2-1-3-8-18)26-13-15-27(16-14-26)34(32,33)20-10-6-9-19(17-20)28-24(30)21-11-4-5-12-22(21)25(28)31/h1-12,17H,13-16H2. The monoisotopic (exact) mass is 475 g/mol. The number of carbonyl (C=O) groups excluding carboxylic acids is 3. The number of amides is 3. The van der Waals surface area contributed by atoms with Gasteiger partial charge in [-0.1, -0.05) is 36.4 Å². The molecule has 2 heterocycles. The molecule has 0 bridgehead atoms. The van der Waals surface area contributed by atoms with Gasteiger partial charge in [0.2, 0.25) is 10.0 Å². The molecule has 0 atom stereocenters. The van der Waals surface area contributed by atoms with Crippen LogP contribution in [-0.4, -0.2) is 61.5 Å². The Balaban J connectivity index is 1.34. The normalized spacial score (nSPS) is 16.6. The fourth-order valence-corrected chi connectivity index (χ4v) is 5.71. The SMILES string of the molecule is O=C(c1ccccc1)N1CCN(S(=O)(=O)c2cccc(N3C(=O)c4ccccc4C3=O)c2)CC1. The molecule has 1 fully saturated rings. The smallest absolute Gasteiger partial charge is 0.266 e. The Morgan fingerprint density at radius 2 is 1.29 bits per heavy atom. The molecule has 1 saturated heterocycles.